The van der Waals surface area contributed by atoms with E-state index in [0.717, 1.165) is 5.56 Å². The van der Waals surface area contributed by atoms with Gasteiger partial charge in [0, 0.05) is 6.07 Å². The maximum Gasteiger partial charge on any atom is 0.233 e. The molecule has 1 aromatic carbocycles. The van der Waals surface area contributed by atoms with E-state index < -0.39 is 5.82 Å². The molecule has 5 nitrogen and oxygen atoms in total. The summed E-state index contributed by atoms with van der Waals surface area (Å²) < 4.78 is 23.6. The Morgan fingerprint density at radius 3 is 2.40 bits per heavy atom. The second-order valence-electron chi connectivity index (χ2n) is 4.12. The van der Waals surface area contributed by atoms with Crippen LogP contribution in [-0.2, 0) is 0 Å². The number of aromatic nitrogens is 2. The summed E-state index contributed by atoms with van der Waals surface area (Å²) in [7, 11) is 4.74. The molecule has 0 radical (unpaired) electrons. The number of hydrogen-bond donors (Lipinski definition) is 1. The summed E-state index contributed by atoms with van der Waals surface area (Å²) in [4.78, 5) is 0. The Labute approximate surface area is 116 Å². The number of methoxy groups -OCH3 is 2. The van der Waals surface area contributed by atoms with Crippen molar-refractivity contribution in [2.45, 2.75) is 6.04 Å². The van der Waals surface area contributed by atoms with Gasteiger partial charge < -0.3 is 14.8 Å². The fourth-order valence-corrected chi connectivity index (χ4v) is 1.94. The van der Waals surface area contributed by atoms with E-state index in [9.17, 15) is 4.39 Å². The summed E-state index contributed by atoms with van der Waals surface area (Å²) >= 11 is 0. The average molecular weight is 277 g/mol. The molecule has 2 aromatic rings. The number of nitrogens with zero attached hydrogens (tertiary/aromatic N) is 2. The molecule has 0 bridgehead atoms. The maximum atomic E-state index is 13.8. The lowest BCUT2D eigenvalue weighted by Gasteiger charge is -2.16. The van der Waals surface area contributed by atoms with Crippen molar-refractivity contribution in [1.29, 1.82) is 0 Å². The predicted molar refractivity (Wildman–Crippen MR) is 72.4 cm³/mol. The van der Waals surface area contributed by atoms with E-state index in [1.165, 1.54) is 20.3 Å². The Morgan fingerprint density at radius 1 is 1.10 bits per heavy atom. The van der Waals surface area contributed by atoms with Gasteiger partial charge in [-0.3, -0.25) is 0 Å². The van der Waals surface area contributed by atoms with Crippen LogP contribution in [0.15, 0.2) is 30.3 Å². The first-order chi connectivity index (χ1) is 9.69. The summed E-state index contributed by atoms with van der Waals surface area (Å²) in [5, 5.41) is 11.1. The molecule has 1 aromatic heterocycles. The van der Waals surface area contributed by atoms with Crippen molar-refractivity contribution < 1.29 is 13.9 Å². The molecule has 0 fully saturated rings. The maximum absolute atomic E-state index is 13.8. The van der Waals surface area contributed by atoms with Crippen molar-refractivity contribution in [3.8, 4) is 11.6 Å². The van der Waals surface area contributed by atoms with Gasteiger partial charge in [-0.05, 0) is 30.8 Å². The van der Waals surface area contributed by atoms with Gasteiger partial charge in [0.2, 0.25) is 5.88 Å². The second-order valence-corrected chi connectivity index (χ2v) is 4.12. The van der Waals surface area contributed by atoms with Gasteiger partial charge in [0.05, 0.1) is 26.0 Å². The molecular formula is C14H16FN3O2. The molecule has 1 unspecified atom stereocenters. The highest BCUT2D eigenvalue weighted by molar-refractivity contribution is 5.34. The van der Waals surface area contributed by atoms with Gasteiger partial charge in [-0.2, -0.15) is 0 Å². The summed E-state index contributed by atoms with van der Waals surface area (Å²) in [5.74, 6) is 0.237. The van der Waals surface area contributed by atoms with Crippen molar-refractivity contribution in [2.75, 3.05) is 21.3 Å². The molecule has 0 amide bonds. The van der Waals surface area contributed by atoms with E-state index in [1.54, 1.807) is 31.3 Å². The number of benzene rings is 1. The molecular weight excluding hydrogens is 261 g/mol. The van der Waals surface area contributed by atoms with E-state index in [4.69, 9.17) is 9.47 Å². The molecule has 6 heteroatoms. The lowest BCUT2D eigenvalue weighted by Crippen LogP contribution is -2.19. The monoisotopic (exact) mass is 277 g/mol. The lowest BCUT2D eigenvalue weighted by atomic mass is 10.0. The number of ether oxygens (including phenoxy) is 2. The third-order valence-electron chi connectivity index (χ3n) is 2.96. The van der Waals surface area contributed by atoms with Gasteiger partial charge >= 0.3 is 0 Å². The first kappa shape index (κ1) is 14.2. The number of nitrogens with one attached hydrogen (secondary N) is 1. The fraction of sp³-hybridized carbons (Fsp3) is 0.286. The zero-order valence-electron chi connectivity index (χ0n) is 11.6. The van der Waals surface area contributed by atoms with Crippen LogP contribution in [0.2, 0.25) is 0 Å². The summed E-state index contributed by atoms with van der Waals surface area (Å²) in [6.07, 6.45) is 0. The van der Waals surface area contributed by atoms with Crippen LogP contribution < -0.4 is 14.8 Å². The molecule has 0 aliphatic carbocycles. The average Bonchev–Trinajstić information content (AvgIpc) is 2.49. The van der Waals surface area contributed by atoms with E-state index in [2.05, 4.69) is 15.5 Å². The van der Waals surface area contributed by atoms with Crippen LogP contribution in [0.4, 0.5) is 4.39 Å². The normalized spacial score (nSPS) is 12.0. The van der Waals surface area contributed by atoms with Gasteiger partial charge in [0.1, 0.15) is 0 Å². The van der Waals surface area contributed by atoms with Crippen LogP contribution >= 0.6 is 0 Å². The van der Waals surface area contributed by atoms with Gasteiger partial charge in [-0.1, -0.05) is 6.07 Å². The largest absolute Gasteiger partial charge is 0.494 e. The van der Waals surface area contributed by atoms with E-state index in [-0.39, 0.29) is 11.8 Å². The van der Waals surface area contributed by atoms with Crippen molar-refractivity contribution in [2.24, 2.45) is 0 Å². The SMILES string of the molecule is CNC(c1ccc(OC)c(F)c1)c1ccc(OC)nn1. The highest BCUT2D eigenvalue weighted by atomic mass is 19.1. The van der Waals surface area contributed by atoms with Crippen LogP contribution in [0.25, 0.3) is 0 Å². The first-order valence-corrected chi connectivity index (χ1v) is 6.08. The molecule has 0 aliphatic rings. The quantitative estimate of drug-likeness (QED) is 0.905. The molecule has 106 valence electrons. The fourth-order valence-electron chi connectivity index (χ4n) is 1.94. The van der Waals surface area contributed by atoms with E-state index in [1.807, 2.05) is 0 Å². The first-order valence-electron chi connectivity index (χ1n) is 6.08. The van der Waals surface area contributed by atoms with Crippen molar-refractivity contribution in [1.82, 2.24) is 15.5 Å². The molecule has 1 N–H and O–H groups in total. The van der Waals surface area contributed by atoms with Gasteiger partial charge in [-0.15, -0.1) is 10.2 Å². The van der Waals surface area contributed by atoms with Gasteiger partial charge in [0.25, 0.3) is 0 Å². The van der Waals surface area contributed by atoms with E-state index in [0.29, 0.717) is 11.6 Å². The Kier molecular flexibility index (Phi) is 4.47. The summed E-state index contributed by atoms with van der Waals surface area (Å²) in [6, 6.07) is 8.04. The highest BCUT2D eigenvalue weighted by Crippen LogP contribution is 2.25. The topological polar surface area (TPSA) is 56.3 Å². The predicted octanol–water partition coefficient (Wildman–Crippen LogP) is 1.94. The zero-order valence-corrected chi connectivity index (χ0v) is 11.6. The van der Waals surface area contributed by atoms with E-state index >= 15 is 0 Å². The summed E-state index contributed by atoms with van der Waals surface area (Å²) in [6.45, 7) is 0. The molecule has 0 saturated carbocycles. The minimum Gasteiger partial charge on any atom is -0.494 e. The van der Waals surface area contributed by atoms with Crippen LogP contribution in [0, 0.1) is 5.82 Å². The minimum absolute atomic E-state index is 0.212. The highest BCUT2D eigenvalue weighted by Gasteiger charge is 2.16. The van der Waals surface area contributed by atoms with Crippen LogP contribution in [0.3, 0.4) is 0 Å². The third-order valence-corrected chi connectivity index (χ3v) is 2.96. The number of rotatable bonds is 5. The number of halogens is 1. The Balaban J connectivity index is 2.33. The molecule has 20 heavy (non-hydrogen) atoms. The van der Waals surface area contributed by atoms with Crippen LogP contribution in [-0.4, -0.2) is 31.5 Å². The number of hydrogen-bond acceptors (Lipinski definition) is 5. The molecule has 0 aliphatic heterocycles. The summed E-state index contributed by atoms with van der Waals surface area (Å²) in [5.41, 5.74) is 1.42. The van der Waals surface area contributed by atoms with Crippen molar-refractivity contribution in [3.63, 3.8) is 0 Å². The molecule has 1 heterocycles. The molecule has 0 spiro atoms. The molecule has 1 atom stereocenters. The van der Waals surface area contributed by atoms with Crippen LogP contribution in [0.1, 0.15) is 17.3 Å². The lowest BCUT2D eigenvalue weighted by molar-refractivity contribution is 0.385. The molecule has 2 rings (SSSR count). The minimum atomic E-state index is -0.410. The van der Waals surface area contributed by atoms with Crippen molar-refractivity contribution >= 4 is 0 Å². The standard InChI is InChI=1S/C14H16FN3O2/c1-16-14(11-5-7-13(20-3)18-17-11)9-4-6-12(19-2)10(15)8-9/h4-8,14,16H,1-3H3. The van der Waals surface area contributed by atoms with Gasteiger partial charge in [0.15, 0.2) is 11.6 Å². The second kappa shape index (κ2) is 6.29. The Bertz CT molecular complexity index is 575. The smallest absolute Gasteiger partial charge is 0.233 e. The van der Waals surface area contributed by atoms with Gasteiger partial charge in [-0.25, -0.2) is 4.39 Å². The zero-order chi connectivity index (χ0) is 14.5. The Morgan fingerprint density at radius 2 is 1.90 bits per heavy atom. The molecule has 0 saturated heterocycles. The third kappa shape index (κ3) is 2.85. The van der Waals surface area contributed by atoms with Crippen molar-refractivity contribution in [3.05, 3.63) is 47.4 Å². The Hall–Kier alpha value is -2.21. The van der Waals surface area contributed by atoms with Crippen LogP contribution in [0.5, 0.6) is 11.6 Å².